The first-order valence-corrected chi connectivity index (χ1v) is 12.4. The molecule has 1 unspecified atom stereocenters. The first-order valence-electron chi connectivity index (χ1n) is 12.0. The topological polar surface area (TPSA) is 40.5 Å². The second kappa shape index (κ2) is 15.8. The van der Waals surface area contributed by atoms with Crippen LogP contribution in [0.1, 0.15) is 68.2 Å². The summed E-state index contributed by atoms with van der Waals surface area (Å²) in [6, 6.07) is 12.2. The minimum absolute atomic E-state index is 0.0897. The summed E-state index contributed by atoms with van der Waals surface area (Å²) < 4.78 is 12.8. The highest BCUT2D eigenvalue weighted by Gasteiger charge is 2.27. The summed E-state index contributed by atoms with van der Waals surface area (Å²) in [5, 5.41) is 7.75. The molecule has 0 radical (unpaired) electrons. The van der Waals surface area contributed by atoms with Crippen molar-refractivity contribution in [2.75, 3.05) is 13.1 Å². The van der Waals surface area contributed by atoms with E-state index < -0.39 is 0 Å². The lowest BCUT2D eigenvalue weighted by Gasteiger charge is -2.22. The van der Waals surface area contributed by atoms with Crippen molar-refractivity contribution < 1.29 is 14.3 Å². The quantitative estimate of drug-likeness (QED) is 0.452. The van der Waals surface area contributed by atoms with Gasteiger partial charge in [0.25, 0.3) is 6.47 Å². The highest BCUT2D eigenvalue weighted by Crippen LogP contribution is 2.28. The largest absolute Gasteiger partial charge is 0.483 e. The molecule has 2 fully saturated rings. The van der Waals surface area contributed by atoms with Crippen LogP contribution >= 0.6 is 11.6 Å². The lowest BCUT2D eigenvalue weighted by atomic mass is 10.1. The molecule has 33 heavy (non-hydrogen) atoms. The average Bonchev–Trinajstić information content (AvgIpc) is 3.46. The molecule has 1 heterocycles. The van der Waals surface area contributed by atoms with Crippen LogP contribution in [0.3, 0.4) is 0 Å². The fraction of sp³-hybridized carbons (Fsp3) is 0.536. The summed E-state index contributed by atoms with van der Waals surface area (Å²) >= 11 is 5.81. The Morgan fingerprint density at radius 1 is 1.06 bits per heavy atom. The molecule has 3 nitrogen and oxygen atoms in total. The third-order valence-electron chi connectivity index (χ3n) is 6.21. The molecule has 2 aromatic carbocycles. The Hall–Kier alpha value is -1.91. The molecular formula is C28H41ClFNO2. The van der Waals surface area contributed by atoms with Gasteiger partial charge in [0.15, 0.2) is 0 Å². The molecule has 0 spiro atoms. The van der Waals surface area contributed by atoms with Crippen LogP contribution in [0.4, 0.5) is 4.39 Å². The minimum Gasteiger partial charge on any atom is -0.483 e. The summed E-state index contributed by atoms with van der Waals surface area (Å²) in [5.41, 5.74) is 4.28. The van der Waals surface area contributed by atoms with Crippen molar-refractivity contribution in [3.05, 3.63) is 69.5 Å². The van der Waals surface area contributed by atoms with Gasteiger partial charge >= 0.3 is 0 Å². The molecular weight excluding hydrogens is 437 g/mol. The van der Waals surface area contributed by atoms with E-state index in [0.29, 0.717) is 0 Å². The van der Waals surface area contributed by atoms with Crippen LogP contribution in [0, 0.1) is 32.5 Å². The van der Waals surface area contributed by atoms with Crippen LogP contribution in [-0.2, 0) is 11.2 Å². The second-order valence-electron chi connectivity index (χ2n) is 9.13. The number of carboxylic acid groups (broad SMARTS) is 1. The van der Waals surface area contributed by atoms with Crippen molar-refractivity contribution >= 4 is 18.1 Å². The maximum absolute atomic E-state index is 12.8. The maximum Gasteiger partial charge on any atom is 0.290 e. The van der Waals surface area contributed by atoms with Gasteiger partial charge in [-0.05, 0) is 87.7 Å². The Morgan fingerprint density at radius 3 is 2.09 bits per heavy atom. The molecule has 0 bridgehead atoms. The van der Waals surface area contributed by atoms with Crippen molar-refractivity contribution in [3.8, 4) is 0 Å². The third kappa shape index (κ3) is 11.2. The predicted molar refractivity (Wildman–Crippen MR) is 138 cm³/mol. The lowest BCUT2D eigenvalue weighted by molar-refractivity contribution is -0.122. The van der Waals surface area contributed by atoms with E-state index in [2.05, 4.69) is 17.9 Å². The van der Waals surface area contributed by atoms with Crippen LogP contribution < -0.4 is 0 Å². The standard InChI is InChI=1S/C10H19N.C9H11F.C8H9Cl.CH2O2/c1-9-6-7-11(8-9)10-4-2-3-5-10;1-3-8-6-7(2)4-5-9(8)10;1-6-3-4-7(2)8(9)5-6;2-1-3/h9-10H,2-8H2,1H3;4-6H,3H2,1-2H3;3-5H,1-2H3;1H,(H,2,3). The normalized spacial score (nSPS) is 17.7. The smallest absolute Gasteiger partial charge is 0.290 e. The molecule has 184 valence electrons. The number of rotatable bonds is 2. The zero-order valence-corrected chi connectivity index (χ0v) is 21.7. The molecule has 1 saturated carbocycles. The zero-order chi connectivity index (χ0) is 24.8. The maximum atomic E-state index is 12.8. The first-order chi connectivity index (χ1) is 15.7. The van der Waals surface area contributed by atoms with Crippen molar-refractivity contribution in [3.63, 3.8) is 0 Å². The molecule has 1 aliphatic carbocycles. The number of benzene rings is 2. The molecule has 1 aliphatic heterocycles. The van der Waals surface area contributed by atoms with E-state index in [1.54, 1.807) is 6.07 Å². The Balaban J connectivity index is 0.000000235. The van der Waals surface area contributed by atoms with Gasteiger partial charge in [0, 0.05) is 17.6 Å². The number of carbonyl (C=O) groups is 1. The van der Waals surface area contributed by atoms with Gasteiger partial charge in [-0.2, -0.15) is 0 Å². The van der Waals surface area contributed by atoms with Gasteiger partial charge < -0.3 is 10.0 Å². The zero-order valence-electron chi connectivity index (χ0n) is 20.9. The number of aryl methyl sites for hydroxylation is 4. The third-order valence-corrected chi connectivity index (χ3v) is 6.61. The van der Waals surface area contributed by atoms with Gasteiger partial charge in [-0.15, -0.1) is 0 Å². The van der Waals surface area contributed by atoms with Gasteiger partial charge in [0.2, 0.25) is 0 Å². The van der Waals surface area contributed by atoms with Crippen molar-refractivity contribution in [2.45, 2.75) is 79.2 Å². The Kier molecular flexibility index (Phi) is 14.0. The summed E-state index contributed by atoms with van der Waals surface area (Å²) in [6.07, 6.45) is 8.13. The highest BCUT2D eigenvalue weighted by atomic mass is 35.5. The van der Waals surface area contributed by atoms with E-state index in [0.717, 1.165) is 40.1 Å². The van der Waals surface area contributed by atoms with Gasteiger partial charge in [-0.1, -0.05) is 68.1 Å². The molecule has 0 amide bonds. The van der Waals surface area contributed by atoms with E-state index in [9.17, 15) is 4.39 Å². The number of likely N-dealkylation sites (tertiary alicyclic amines) is 1. The summed E-state index contributed by atoms with van der Waals surface area (Å²) in [6.45, 7) is 12.9. The Morgan fingerprint density at radius 2 is 1.64 bits per heavy atom. The molecule has 2 aromatic rings. The summed E-state index contributed by atoms with van der Waals surface area (Å²) in [5.74, 6) is 0.878. The van der Waals surface area contributed by atoms with E-state index >= 15 is 0 Å². The van der Waals surface area contributed by atoms with Gasteiger partial charge in [0.1, 0.15) is 5.82 Å². The van der Waals surface area contributed by atoms with Crippen LogP contribution in [0.25, 0.3) is 0 Å². The van der Waals surface area contributed by atoms with Crippen LogP contribution in [0.5, 0.6) is 0 Å². The highest BCUT2D eigenvalue weighted by molar-refractivity contribution is 6.31. The molecule has 2 aliphatic rings. The minimum atomic E-state index is -0.250. The number of nitrogens with zero attached hydrogens (tertiary/aromatic N) is 1. The Labute approximate surface area is 205 Å². The number of halogens is 2. The summed E-state index contributed by atoms with van der Waals surface area (Å²) in [7, 11) is 0. The number of hydrogen-bond donors (Lipinski definition) is 1. The van der Waals surface area contributed by atoms with Gasteiger partial charge in [0.05, 0.1) is 0 Å². The fourth-order valence-electron chi connectivity index (χ4n) is 4.24. The SMILES string of the molecule is CC1CCN(C2CCCC2)C1.CCc1cc(C)ccc1F.Cc1ccc(C)c(Cl)c1.O=CO. The number of hydrogen-bond acceptors (Lipinski definition) is 2. The molecule has 5 heteroatoms. The van der Waals surface area contributed by atoms with Gasteiger partial charge in [-0.3, -0.25) is 4.79 Å². The Bertz CT molecular complexity index is 837. The lowest BCUT2D eigenvalue weighted by Crippen LogP contribution is -2.30. The average molecular weight is 478 g/mol. The first kappa shape index (κ1) is 29.1. The van der Waals surface area contributed by atoms with Crippen LogP contribution in [0.2, 0.25) is 5.02 Å². The monoisotopic (exact) mass is 477 g/mol. The molecule has 1 atom stereocenters. The van der Waals surface area contributed by atoms with E-state index in [-0.39, 0.29) is 12.3 Å². The van der Waals surface area contributed by atoms with Crippen LogP contribution in [0.15, 0.2) is 36.4 Å². The van der Waals surface area contributed by atoms with E-state index in [1.807, 2.05) is 45.9 Å². The van der Waals surface area contributed by atoms with Crippen molar-refractivity contribution in [2.24, 2.45) is 5.92 Å². The van der Waals surface area contributed by atoms with Crippen LogP contribution in [-0.4, -0.2) is 35.6 Å². The molecule has 0 aromatic heterocycles. The molecule has 4 rings (SSSR count). The second-order valence-corrected chi connectivity index (χ2v) is 9.54. The van der Waals surface area contributed by atoms with E-state index in [1.165, 1.54) is 56.8 Å². The van der Waals surface area contributed by atoms with E-state index in [4.69, 9.17) is 21.5 Å². The van der Waals surface area contributed by atoms with Crippen molar-refractivity contribution in [1.29, 1.82) is 0 Å². The van der Waals surface area contributed by atoms with Crippen molar-refractivity contribution in [1.82, 2.24) is 4.90 Å². The summed E-state index contributed by atoms with van der Waals surface area (Å²) in [4.78, 5) is 11.1. The fourth-order valence-corrected chi connectivity index (χ4v) is 4.48. The predicted octanol–water partition coefficient (Wildman–Crippen LogP) is 7.62. The van der Waals surface area contributed by atoms with Gasteiger partial charge in [-0.25, -0.2) is 4.39 Å². The molecule has 1 saturated heterocycles. The molecule has 1 N–H and O–H groups in total.